The average molecular weight is 167 g/mol. The third kappa shape index (κ3) is 0.807. The number of nitro groups is 1. The predicted molar refractivity (Wildman–Crippen MR) is 41.1 cm³/mol. The highest BCUT2D eigenvalue weighted by molar-refractivity contribution is 5.58. The summed E-state index contributed by atoms with van der Waals surface area (Å²) in [6.45, 7) is 0. The third-order valence-electron chi connectivity index (χ3n) is 2.91. The molecule has 0 aromatic rings. The number of aldehydes is 1. The summed E-state index contributed by atoms with van der Waals surface area (Å²) in [5.41, 5.74) is 0. The molecule has 0 spiro atoms. The molecule has 4 nitrogen and oxygen atoms in total. The Hall–Kier alpha value is -1.19. The summed E-state index contributed by atoms with van der Waals surface area (Å²) in [5, 5.41) is 10.5. The van der Waals surface area contributed by atoms with Crippen LogP contribution in [-0.4, -0.2) is 17.3 Å². The fourth-order valence-corrected chi connectivity index (χ4v) is 2.29. The molecule has 2 bridgehead atoms. The number of rotatable bonds is 2. The summed E-state index contributed by atoms with van der Waals surface area (Å²) in [4.78, 5) is 20.8. The van der Waals surface area contributed by atoms with E-state index in [4.69, 9.17) is 0 Å². The van der Waals surface area contributed by atoms with E-state index in [1.54, 1.807) is 0 Å². The standard InChI is InChI=1S/C8H9NO3/c10-4-7-5-1-2-6(7)8(3-5)9(11)12/h1-2,4-8H,3H2. The summed E-state index contributed by atoms with van der Waals surface area (Å²) >= 11 is 0. The number of carbonyl (C=O) groups excluding carboxylic acids is 1. The van der Waals surface area contributed by atoms with Crippen molar-refractivity contribution in [3.63, 3.8) is 0 Å². The van der Waals surface area contributed by atoms with E-state index in [1.165, 1.54) is 0 Å². The molecule has 0 saturated heterocycles. The van der Waals surface area contributed by atoms with Crippen molar-refractivity contribution in [2.24, 2.45) is 17.8 Å². The van der Waals surface area contributed by atoms with Gasteiger partial charge in [-0.3, -0.25) is 10.1 Å². The van der Waals surface area contributed by atoms with Crippen molar-refractivity contribution in [3.05, 3.63) is 22.3 Å². The van der Waals surface area contributed by atoms with E-state index in [0.717, 1.165) is 6.29 Å². The molecule has 4 heteroatoms. The Labute approximate surface area is 69.4 Å². The molecule has 0 N–H and O–H groups in total. The summed E-state index contributed by atoms with van der Waals surface area (Å²) in [6.07, 6.45) is 5.15. The van der Waals surface area contributed by atoms with E-state index in [9.17, 15) is 14.9 Å². The van der Waals surface area contributed by atoms with Crippen molar-refractivity contribution in [1.29, 1.82) is 0 Å². The highest BCUT2D eigenvalue weighted by atomic mass is 16.6. The van der Waals surface area contributed by atoms with Crippen molar-refractivity contribution >= 4 is 6.29 Å². The molecule has 0 aliphatic heterocycles. The molecule has 1 fully saturated rings. The van der Waals surface area contributed by atoms with Crippen molar-refractivity contribution in [2.75, 3.05) is 0 Å². The molecule has 12 heavy (non-hydrogen) atoms. The van der Waals surface area contributed by atoms with Crippen LogP contribution in [-0.2, 0) is 4.79 Å². The van der Waals surface area contributed by atoms with Crippen LogP contribution in [0.3, 0.4) is 0 Å². The Morgan fingerprint density at radius 1 is 1.50 bits per heavy atom. The van der Waals surface area contributed by atoms with E-state index >= 15 is 0 Å². The molecule has 64 valence electrons. The highest BCUT2D eigenvalue weighted by Gasteiger charge is 2.50. The normalized spacial score (nSPS) is 43.3. The number of carbonyl (C=O) groups is 1. The van der Waals surface area contributed by atoms with Gasteiger partial charge < -0.3 is 4.79 Å². The van der Waals surface area contributed by atoms with Gasteiger partial charge in [-0.1, -0.05) is 12.2 Å². The van der Waals surface area contributed by atoms with Gasteiger partial charge in [0.2, 0.25) is 6.04 Å². The van der Waals surface area contributed by atoms with Gasteiger partial charge in [-0.05, 0) is 5.92 Å². The molecule has 0 aromatic carbocycles. The Balaban J connectivity index is 2.23. The third-order valence-corrected chi connectivity index (χ3v) is 2.91. The van der Waals surface area contributed by atoms with Gasteiger partial charge in [-0.2, -0.15) is 0 Å². The van der Waals surface area contributed by atoms with Crippen molar-refractivity contribution in [3.8, 4) is 0 Å². The Morgan fingerprint density at radius 3 is 2.67 bits per heavy atom. The average Bonchev–Trinajstić information content (AvgIpc) is 2.59. The van der Waals surface area contributed by atoms with E-state index in [-0.39, 0.29) is 22.7 Å². The molecule has 2 rings (SSSR count). The molecule has 0 radical (unpaired) electrons. The van der Waals surface area contributed by atoms with Gasteiger partial charge in [0, 0.05) is 17.3 Å². The SMILES string of the molecule is O=CC1C2C=CC1C([N+](=O)[O-])C2. The van der Waals surface area contributed by atoms with Gasteiger partial charge >= 0.3 is 0 Å². The summed E-state index contributed by atoms with van der Waals surface area (Å²) in [7, 11) is 0. The van der Waals surface area contributed by atoms with E-state index in [2.05, 4.69) is 0 Å². The van der Waals surface area contributed by atoms with Gasteiger partial charge in [0.25, 0.3) is 0 Å². The van der Waals surface area contributed by atoms with Crippen molar-refractivity contribution in [1.82, 2.24) is 0 Å². The van der Waals surface area contributed by atoms with Gasteiger partial charge in [0.05, 0.1) is 5.92 Å². The monoisotopic (exact) mass is 167 g/mol. The first-order valence-electron chi connectivity index (χ1n) is 4.01. The molecular weight excluding hydrogens is 158 g/mol. The lowest BCUT2D eigenvalue weighted by atomic mass is 9.98. The Bertz CT molecular complexity index is 261. The second-order valence-corrected chi connectivity index (χ2v) is 3.43. The van der Waals surface area contributed by atoms with E-state index in [0.29, 0.717) is 6.42 Å². The first kappa shape index (κ1) is 7.46. The minimum atomic E-state index is -0.518. The topological polar surface area (TPSA) is 60.2 Å². The molecule has 1 saturated carbocycles. The smallest absolute Gasteiger partial charge is 0.220 e. The lowest BCUT2D eigenvalue weighted by Gasteiger charge is -2.09. The largest absolute Gasteiger partial charge is 0.303 e. The lowest BCUT2D eigenvalue weighted by Crippen LogP contribution is -2.25. The molecule has 2 aliphatic rings. The van der Waals surface area contributed by atoms with Crippen LogP contribution in [0.2, 0.25) is 0 Å². The fraction of sp³-hybridized carbons (Fsp3) is 0.625. The second-order valence-electron chi connectivity index (χ2n) is 3.43. The molecule has 4 unspecified atom stereocenters. The van der Waals surface area contributed by atoms with Gasteiger partial charge in [0.15, 0.2) is 0 Å². The molecule has 2 aliphatic carbocycles. The van der Waals surface area contributed by atoms with E-state index < -0.39 is 6.04 Å². The number of hydrogen-bond acceptors (Lipinski definition) is 3. The Morgan fingerprint density at radius 2 is 2.25 bits per heavy atom. The van der Waals surface area contributed by atoms with E-state index in [1.807, 2.05) is 12.2 Å². The summed E-state index contributed by atoms with van der Waals surface area (Å²) < 4.78 is 0. The number of hydrogen-bond donors (Lipinski definition) is 0. The molecule has 0 heterocycles. The van der Waals surface area contributed by atoms with Gasteiger partial charge in [-0.15, -0.1) is 0 Å². The number of fused-ring (bicyclic) bond motifs is 2. The zero-order valence-corrected chi connectivity index (χ0v) is 6.42. The van der Waals surface area contributed by atoms with Crippen LogP contribution in [0.25, 0.3) is 0 Å². The number of allylic oxidation sites excluding steroid dienone is 1. The quantitative estimate of drug-likeness (QED) is 0.262. The second kappa shape index (κ2) is 2.40. The molecule has 0 amide bonds. The Kier molecular flexibility index (Phi) is 1.49. The molecular formula is C8H9NO3. The minimum absolute atomic E-state index is 0.125. The maximum absolute atomic E-state index is 10.6. The van der Waals surface area contributed by atoms with Crippen LogP contribution in [0, 0.1) is 27.9 Å². The predicted octanol–water partition coefficient (Wildman–Crippen LogP) is 0.653. The lowest BCUT2D eigenvalue weighted by molar-refractivity contribution is -0.527. The molecule has 4 atom stereocenters. The maximum Gasteiger partial charge on any atom is 0.220 e. The minimum Gasteiger partial charge on any atom is -0.303 e. The summed E-state index contributed by atoms with van der Waals surface area (Å²) in [5.74, 6) is -0.134. The first-order valence-corrected chi connectivity index (χ1v) is 4.01. The maximum atomic E-state index is 10.6. The summed E-state index contributed by atoms with van der Waals surface area (Å²) in [6, 6.07) is -0.518. The first-order chi connectivity index (χ1) is 5.74. The number of nitrogens with zero attached hydrogens (tertiary/aromatic N) is 1. The van der Waals surface area contributed by atoms with Crippen LogP contribution < -0.4 is 0 Å². The molecule has 0 aromatic heterocycles. The fourth-order valence-electron chi connectivity index (χ4n) is 2.29. The van der Waals surface area contributed by atoms with Crippen LogP contribution in [0.4, 0.5) is 0 Å². The van der Waals surface area contributed by atoms with Gasteiger partial charge in [0.1, 0.15) is 6.29 Å². The van der Waals surface area contributed by atoms with Crippen LogP contribution in [0.15, 0.2) is 12.2 Å². The van der Waals surface area contributed by atoms with Crippen LogP contribution >= 0.6 is 0 Å². The van der Waals surface area contributed by atoms with Gasteiger partial charge in [-0.25, -0.2) is 0 Å². The van der Waals surface area contributed by atoms with Crippen molar-refractivity contribution in [2.45, 2.75) is 12.5 Å². The zero-order valence-electron chi connectivity index (χ0n) is 6.42. The van der Waals surface area contributed by atoms with Crippen molar-refractivity contribution < 1.29 is 9.72 Å². The van der Waals surface area contributed by atoms with Crippen LogP contribution in [0.5, 0.6) is 0 Å². The highest BCUT2D eigenvalue weighted by Crippen LogP contribution is 2.44. The van der Waals surface area contributed by atoms with Crippen LogP contribution in [0.1, 0.15) is 6.42 Å². The zero-order chi connectivity index (χ0) is 8.72.